The standard InChI is InChI=1S/C20H26N2O3/c1-13-6-8-16(9-7-13)20-17(5-4-10-24-20)12-21-19(23)11-18-14(2)22-25-15(18)3/h6-9,17,20H,4-5,10-12H2,1-3H3,(H,21,23)/t17-,20+/m0/s1. The smallest absolute Gasteiger partial charge is 0.224 e. The van der Waals surface area contributed by atoms with Gasteiger partial charge in [0.2, 0.25) is 5.91 Å². The molecule has 1 amide bonds. The predicted molar refractivity (Wildman–Crippen MR) is 95.3 cm³/mol. The Hall–Kier alpha value is -2.14. The van der Waals surface area contributed by atoms with E-state index in [1.54, 1.807) is 0 Å². The number of hydrogen-bond acceptors (Lipinski definition) is 4. The Morgan fingerprint density at radius 1 is 1.24 bits per heavy atom. The summed E-state index contributed by atoms with van der Waals surface area (Å²) < 4.78 is 11.1. The summed E-state index contributed by atoms with van der Waals surface area (Å²) in [6.07, 6.45) is 2.45. The molecule has 0 spiro atoms. The van der Waals surface area contributed by atoms with Crippen LogP contribution in [0.25, 0.3) is 0 Å². The fraction of sp³-hybridized carbons (Fsp3) is 0.500. The largest absolute Gasteiger partial charge is 0.373 e. The van der Waals surface area contributed by atoms with E-state index in [2.05, 4.69) is 41.7 Å². The van der Waals surface area contributed by atoms with Gasteiger partial charge in [-0.25, -0.2) is 0 Å². The van der Waals surface area contributed by atoms with Crippen LogP contribution in [0.4, 0.5) is 0 Å². The third-order valence-corrected chi connectivity index (χ3v) is 4.93. The predicted octanol–water partition coefficient (Wildman–Crippen LogP) is 3.43. The second kappa shape index (κ2) is 7.83. The molecular weight excluding hydrogens is 316 g/mol. The molecule has 1 fully saturated rings. The maximum absolute atomic E-state index is 12.3. The Balaban J connectivity index is 1.60. The highest BCUT2D eigenvalue weighted by Crippen LogP contribution is 2.33. The molecule has 5 heteroatoms. The Bertz CT molecular complexity index is 702. The molecule has 1 aliphatic rings. The molecule has 2 heterocycles. The van der Waals surface area contributed by atoms with Gasteiger partial charge in [-0.05, 0) is 39.2 Å². The van der Waals surface area contributed by atoms with E-state index >= 15 is 0 Å². The van der Waals surface area contributed by atoms with Gasteiger partial charge in [-0.3, -0.25) is 4.79 Å². The molecule has 3 rings (SSSR count). The minimum atomic E-state index is 0.00243. The summed E-state index contributed by atoms with van der Waals surface area (Å²) in [6.45, 7) is 7.19. The number of rotatable bonds is 5. The van der Waals surface area contributed by atoms with E-state index in [9.17, 15) is 4.79 Å². The molecule has 1 saturated heterocycles. The van der Waals surface area contributed by atoms with Crippen LogP contribution in [0.15, 0.2) is 28.8 Å². The Kier molecular flexibility index (Phi) is 5.53. The van der Waals surface area contributed by atoms with Crippen molar-refractivity contribution in [2.45, 2.75) is 46.1 Å². The molecule has 5 nitrogen and oxygen atoms in total. The van der Waals surface area contributed by atoms with Gasteiger partial charge in [-0.1, -0.05) is 35.0 Å². The van der Waals surface area contributed by atoms with Crippen molar-refractivity contribution in [1.82, 2.24) is 10.5 Å². The molecule has 0 aliphatic carbocycles. The SMILES string of the molecule is Cc1ccc([C@H]2OCCC[C@H]2CNC(=O)Cc2c(C)noc2C)cc1. The maximum Gasteiger partial charge on any atom is 0.224 e. The molecule has 1 aliphatic heterocycles. The van der Waals surface area contributed by atoms with Gasteiger partial charge in [-0.15, -0.1) is 0 Å². The average molecular weight is 342 g/mol. The normalized spacial score (nSPS) is 20.4. The van der Waals surface area contributed by atoms with Crippen molar-refractivity contribution in [2.24, 2.45) is 5.92 Å². The quantitative estimate of drug-likeness (QED) is 0.904. The summed E-state index contributed by atoms with van der Waals surface area (Å²) in [7, 11) is 0. The van der Waals surface area contributed by atoms with E-state index in [1.807, 2.05) is 13.8 Å². The van der Waals surface area contributed by atoms with Crippen molar-refractivity contribution >= 4 is 5.91 Å². The molecule has 0 radical (unpaired) electrons. The van der Waals surface area contributed by atoms with E-state index in [1.165, 1.54) is 11.1 Å². The third-order valence-electron chi connectivity index (χ3n) is 4.93. The van der Waals surface area contributed by atoms with Gasteiger partial charge in [0, 0.05) is 24.6 Å². The van der Waals surface area contributed by atoms with E-state index in [0.29, 0.717) is 24.6 Å². The topological polar surface area (TPSA) is 64.4 Å². The van der Waals surface area contributed by atoms with Gasteiger partial charge in [0.15, 0.2) is 0 Å². The Labute approximate surface area is 148 Å². The summed E-state index contributed by atoms with van der Waals surface area (Å²) in [6, 6.07) is 8.48. The second-order valence-corrected chi connectivity index (χ2v) is 6.89. The zero-order valence-electron chi connectivity index (χ0n) is 15.2. The molecule has 1 aromatic heterocycles. The number of benzene rings is 1. The minimum absolute atomic E-state index is 0.00243. The lowest BCUT2D eigenvalue weighted by molar-refractivity contribution is -0.121. The van der Waals surface area contributed by atoms with E-state index in [-0.39, 0.29) is 12.0 Å². The van der Waals surface area contributed by atoms with Crippen LogP contribution >= 0.6 is 0 Å². The lowest BCUT2D eigenvalue weighted by atomic mass is 9.89. The van der Waals surface area contributed by atoms with Crippen molar-refractivity contribution in [3.63, 3.8) is 0 Å². The number of carbonyl (C=O) groups is 1. The third kappa shape index (κ3) is 4.28. The first-order valence-electron chi connectivity index (χ1n) is 8.91. The molecule has 2 atom stereocenters. The molecule has 134 valence electrons. The molecule has 0 saturated carbocycles. The average Bonchev–Trinajstić information content (AvgIpc) is 2.93. The summed E-state index contributed by atoms with van der Waals surface area (Å²) >= 11 is 0. The summed E-state index contributed by atoms with van der Waals surface area (Å²) in [5, 5.41) is 6.97. The first-order chi connectivity index (χ1) is 12.0. The van der Waals surface area contributed by atoms with E-state index in [0.717, 1.165) is 30.7 Å². The molecule has 0 unspecified atom stereocenters. The highest BCUT2D eigenvalue weighted by molar-refractivity contribution is 5.79. The van der Waals surface area contributed by atoms with Crippen LogP contribution in [0.1, 0.15) is 47.1 Å². The monoisotopic (exact) mass is 342 g/mol. The van der Waals surface area contributed by atoms with Crippen LogP contribution in [0.5, 0.6) is 0 Å². The molecule has 25 heavy (non-hydrogen) atoms. The van der Waals surface area contributed by atoms with Crippen LogP contribution in [0, 0.1) is 26.7 Å². The number of nitrogens with zero attached hydrogens (tertiary/aromatic N) is 1. The number of carbonyl (C=O) groups excluding carboxylic acids is 1. The van der Waals surface area contributed by atoms with Gasteiger partial charge in [0.25, 0.3) is 0 Å². The zero-order valence-corrected chi connectivity index (χ0v) is 15.2. The van der Waals surface area contributed by atoms with Gasteiger partial charge < -0.3 is 14.6 Å². The van der Waals surface area contributed by atoms with Gasteiger partial charge in [0.05, 0.1) is 18.2 Å². The highest BCUT2D eigenvalue weighted by Gasteiger charge is 2.28. The number of nitrogens with one attached hydrogen (secondary N) is 1. The van der Waals surface area contributed by atoms with Crippen molar-refractivity contribution in [2.75, 3.05) is 13.2 Å². The lowest BCUT2D eigenvalue weighted by Crippen LogP contribution is -2.35. The number of amides is 1. The van der Waals surface area contributed by atoms with E-state index < -0.39 is 0 Å². The first kappa shape index (κ1) is 17.7. The van der Waals surface area contributed by atoms with Crippen molar-refractivity contribution in [3.05, 3.63) is 52.4 Å². The van der Waals surface area contributed by atoms with Crippen LogP contribution in [0.3, 0.4) is 0 Å². The van der Waals surface area contributed by atoms with Crippen molar-refractivity contribution in [1.29, 1.82) is 0 Å². The Morgan fingerprint density at radius 2 is 2.00 bits per heavy atom. The number of aryl methyl sites for hydroxylation is 3. The maximum atomic E-state index is 12.3. The minimum Gasteiger partial charge on any atom is -0.373 e. The van der Waals surface area contributed by atoms with Crippen molar-refractivity contribution in [3.8, 4) is 0 Å². The van der Waals surface area contributed by atoms with Gasteiger partial charge >= 0.3 is 0 Å². The summed E-state index contributed by atoms with van der Waals surface area (Å²) in [4.78, 5) is 12.3. The molecule has 0 bridgehead atoms. The molecule has 1 N–H and O–H groups in total. The molecular formula is C20H26N2O3. The molecule has 2 aromatic rings. The highest BCUT2D eigenvalue weighted by atomic mass is 16.5. The van der Waals surface area contributed by atoms with E-state index in [4.69, 9.17) is 9.26 Å². The van der Waals surface area contributed by atoms with Crippen LogP contribution < -0.4 is 5.32 Å². The summed E-state index contributed by atoms with van der Waals surface area (Å²) in [5.74, 6) is 1.01. The van der Waals surface area contributed by atoms with Gasteiger partial charge in [0.1, 0.15) is 5.76 Å². The Morgan fingerprint density at radius 3 is 2.68 bits per heavy atom. The van der Waals surface area contributed by atoms with Crippen molar-refractivity contribution < 1.29 is 14.1 Å². The first-order valence-corrected chi connectivity index (χ1v) is 8.91. The lowest BCUT2D eigenvalue weighted by Gasteiger charge is -2.32. The van der Waals surface area contributed by atoms with Gasteiger partial charge in [-0.2, -0.15) is 0 Å². The van der Waals surface area contributed by atoms with Crippen LogP contribution in [-0.4, -0.2) is 24.2 Å². The number of hydrogen-bond donors (Lipinski definition) is 1. The number of aromatic nitrogens is 1. The fourth-order valence-electron chi connectivity index (χ4n) is 3.40. The van der Waals surface area contributed by atoms with Crippen LogP contribution in [0.2, 0.25) is 0 Å². The molecule has 1 aromatic carbocycles. The zero-order chi connectivity index (χ0) is 17.8. The number of ether oxygens (including phenoxy) is 1. The fourth-order valence-corrected chi connectivity index (χ4v) is 3.40. The van der Waals surface area contributed by atoms with Crippen LogP contribution in [-0.2, 0) is 16.0 Å². The summed E-state index contributed by atoms with van der Waals surface area (Å²) in [5.41, 5.74) is 4.10. The second-order valence-electron chi connectivity index (χ2n) is 6.89.